The molecule has 0 aromatic carbocycles. The number of hydrogen-bond acceptors (Lipinski definition) is 3. The number of piperazine rings is 1. The zero-order chi connectivity index (χ0) is 11.0. The number of carboxylic acid groups (broad SMARTS) is 2. The largest absolute Gasteiger partial charge is 0.465 e. The van der Waals surface area contributed by atoms with Crippen LogP contribution in [-0.4, -0.2) is 70.6 Å². The highest BCUT2D eigenvalue weighted by atomic mass is 16.5. The third-order valence-corrected chi connectivity index (χ3v) is 2.76. The van der Waals surface area contributed by atoms with E-state index >= 15 is 0 Å². The van der Waals surface area contributed by atoms with E-state index < -0.39 is 12.2 Å². The predicted octanol–water partition coefficient (Wildman–Crippen LogP) is -0.273. The van der Waals surface area contributed by atoms with Crippen molar-refractivity contribution in [3.8, 4) is 0 Å². The second kappa shape index (κ2) is 3.58. The predicted molar refractivity (Wildman–Crippen MR) is 47.9 cm³/mol. The second-order valence-electron chi connectivity index (χ2n) is 3.72. The Morgan fingerprint density at radius 1 is 1.07 bits per heavy atom. The van der Waals surface area contributed by atoms with E-state index in [1.165, 1.54) is 9.80 Å². The minimum absolute atomic E-state index is 0.193. The summed E-state index contributed by atoms with van der Waals surface area (Å²) >= 11 is 0. The van der Waals surface area contributed by atoms with Gasteiger partial charge in [0.1, 0.15) is 0 Å². The summed E-state index contributed by atoms with van der Waals surface area (Å²) in [5.41, 5.74) is 0. The van der Waals surface area contributed by atoms with Gasteiger partial charge in [-0.3, -0.25) is 4.90 Å². The highest BCUT2D eigenvalue weighted by Gasteiger charge is 2.42. The highest BCUT2D eigenvalue weighted by molar-refractivity contribution is 5.69. The molecule has 84 valence electrons. The van der Waals surface area contributed by atoms with Crippen molar-refractivity contribution < 1.29 is 24.5 Å². The van der Waals surface area contributed by atoms with Gasteiger partial charge in [-0.1, -0.05) is 0 Å². The van der Waals surface area contributed by atoms with Crippen LogP contribution in [-0.2, 0) is 4.74 Å². The summed E-state index contributed by atoms with van der Waals surface area (Å²) in [5, 5.41) is 17.8. The van der Waals surface area contributed by atoms with E-state index in [-0.39, 0.29) is 38.4 Å². The van der Waals surface area contributed by atoms with Crippen LogP contribution in [0.5, 0.6) is 0 Å². The van der Waals surface area contributed by atoms with E-state index in [4.69, 9.17) is 14.9 Å². The Labute approximate surface area is 85.8 Å². The van der Waals surface area contributed by atoms with Gasteiger partial charge in [-0.15, -0.1) is 0 Å². The molecule has 2 amide bonds. The van der Waals surface area contributed by atoms with Crippen LogP contribution in [0.25, 0.3) is 0 Å². The molecule has 0 aliphatic carbocycles. The Morgan fingerprint density at radius 2 is 1.60 bits per heavy atom. The molecule has 2 rings (SSSR count). The molecule has 0 radical (unpaired) electrons. The molecule has 2 unspecified atom stereocenters. The Morgan fingerprint density at radius 3 is 2.00 bits per heavy atom. The molecular weight excluding hydrogens is 204 g/mol. The third-order valence-electron chi connectivity index (χ3n) is 2.76. The van der Waals surface area contributed by atoms with E-state index in [0.29, 0.717) is 0 Å². The zero-order valence-corrected chi connectivity index (χ0v) is 8.00. The molecule has 0 saturated carbocycles. The number of nitrogens with zero attached hydrogens (tertiary/aromatic N) is 2. The first-order valence-corrected chi connectivity index (χ1v) is 4.66. The number of ether oxygens (including phenoxy) is 1. The monoisotopic (exact) mass is 216 g/mol. The fraction of sp³-hybridized carbons (Fsp3) is 0.750. The number of rotatable bonds is 0. The van der Waals surface area contributed by atoms with Gasteiger partial charge in [0.2, 0.25) is 0 Å². The molecule has 0 aromatic rings. The fourth-order valence-electron chi connectivity index (χ4n) is 2.13. The summed E-state index contributed by atoms with van der Waals surface area (Å²) in [7, 11) is 0. The first-order chi connectivity index (χ1) is 7.09. The Bertz CT molecular complexity index is 281. The maximum Gasteiger partial charge on any atom is 0.408 e. The van der Waals surface area contributed by atoms with Crippen LogP contribution >= 0.6 is 0 Å². The lowest BCUT2D eigenvalue weighted by Gasteiger charge is -2.47. The number of carbonyl (C=O) groups is 2. The SMILES string of the molecule is O=C(O)N1CC2COCC(C1)N2C(=O)O. The molecule has 2 N–H and O–H groups in total. The minimum Gasteiger partial charge on any atom is -0.465 e. The van der Waals surface area contributed by atoms with E-state index in [9.17, 15) is 9.59 Å². The van der Waals surface area contributed by atoms with Crippen molar-refractivity contribution in [2.45, 2.75) is 12.1 Å². The summed E-state index contributed by atoms with van der Waals surface area (Å²) in [5.74, 6) is 0. The molecule has 2 aliphatic heterocycles. The van der Waals surface area contributed by atoms with Gasteiger partial charge in [0.05, 0.1) is 25.3 Å². The van der Waals surface area contributed by atoms with Gasteiger partial charge in [-0.25, -0.2) is 9.59 Å². The topological polar surface area (TPSA) is 90.3 Å². The first-order valence-electron chi connectivity index (χ1n) is 4.66. The maximum atomic E-state index is 10.9. The lowest BCUT2D eigenvalue weighted by Crippen LogP contribution is -2.66. The maximum absolute atomic E-state index is 10.9. The summed E-state index contributed by atoms with van der Waals surface area (Å²) in [6, 6.07) is -0.739. The van der Waals surface area contributed by atoms with Crippen LogP contribution in [0.3, 0.4) is 0 Å². The van der Waals surface area contributed by atoms with Gasteiger partial charge in [0.25, 0.3) is 0 Å². The molecule has 2 fully saturated rings. The molecule has 2 aliphatic rings. The zero-order valence-electron chi connectivity index (χ0n) is 8.00. The van der Waals surface area contributed by atoms with E-state index in [0.717, 1.165) is 0 Å². The Hall–Kier alpha value is -1.50. The van der Waals surface area contributed by atoms with Gasteiger partial charge >= 0.3 is 12.2 Å². The molecule has 7 nitrogen and oxygen atoms in total. The highest BCUT2D eigenvalue weighted by Crippen LogP contribution is 2.21. The molecule has 7 heteroatoms. The fourth-order valence-corrected chi connectivity index (χ4v) is 2.13. The van der Waals surface area contributed by atoms with Crippen molar-refractivity contribution in [1.29, 1.82) is 0 Å². The summed E-state index contributed by atoms with van der Waals surface area (Å²) in [6.07, 6.45) is -2.00. The Kier molecular flexibility index (Phi) is 2.39. The summed E-state index contributed by atoms with van der Waals surface area (Å²) in [4.78, 5) is 24.3. The van der Waals surface area contributed by atoms with Gasteiger partial charge in [0, 0.05) is 13.1 Å². The third kappa shape index (κ3) is 1.70. The molecule has 2 atom stereocenters. The lowest BCUT2D eigenvalue weighted by atomic mass is 10.1. The number of hydrogen-bond donors (Lipinski definition) is 2. The molecule has 2 heterocycles. The molecule has 2 saturated heterocycles. The van der Waals surface area contributed by atoms with Crippen LogP contribution in [0.1, 0.15) is 0 Å². The number of morpholine rings is 1. The van der Waals surface area contributed by atoms with Crippen LogP contribution in [0.4, 0.5) is 9.59 Å². The van der Waals surface area contributed by atoms with Gasteiger partial charge in [0.15, 0.2) is 0 Å². The number of fused-ring (bicyclic) bond motifs is 2. The van der Waals surface area contributed by atoms with E-state index in [1.54, 1.807) is 0 Å². The first kappa shape index (κ1) is 10.0. The average molecular weight is 216 g/mol. The summed E-state index contributed by atoms with van der Waals surface area (Å²) in [6.45, 7) is 0.926. The second-order valence-corrected chi connectivity index (χ2v) is 3.72. The van der Waals surface area contributed by atoms with Crippen molar-refractivity contribution in [3.63, 3.8) is 0 Å². The van der Waals surface area contributed by atoms with Crippen LogP contribution in [0.2, 0.25) is 0 Å². The van der Waals surface area contributed by atoms with Crippen LogP contribution < -0.4 is 0 Å². The van der Waals surface area contributed by atoms with Crippen molar-refractivity contribution in [1.82, 2.24) is 9.80 Å². The normalized spacial score (nSPS) is 30.1. The van der Waals surface area contributed by atoms with Crippen molar-refractivity contribution in [3.05, 3.63) is 0 Å². The van der Waals surface area contributed by atoms with Crippen molar-refractivity contribution in [2.75, 3.05) is 26.3 Å². The van der Waals surface area contributed by atoms with Crippen molar-refractivity contribution in [2.24, 2.45) is 0 Å². The quantitative estimate of drug-likeness (QED) is 0.581. The standard InChI is InChI=1S/C8H12N2O5/c11-7(12)9-1-5-3-15-4-6(2-9)10(5)8(13)14/h5-6H,1-4H2,(H,11,12)(H,13,14). The van der Waals surface area contributed by atoms with Crippen LogP contribution in [0, 0.1) is 0 Å². The van der Waals surface area contributed by atoms with Crippen molar-refractivity contribution >= 4 is 12.2 Å². The van der Waals surface area contributed by atoms with E-state index in [1.807, 2.05) is 0 Å². The molecule has 0 spiro atoms. The molecule has 2 bridgehead atoms. The Balaban J connectivity index is 2.15. The molecule has 15 heavy (non-hydrogen) atoms. The minimum atomic E-state index is -1.00. The lowest BCUT2D eigenvalue weighted by molar-refractivity contribution is -0.0776. The summed E-state index contributed by atoms with van der Waals surface area (Å²) < 4.78 is 5.22. The molecular formula is C8H12N2O5. The molecule has 0 aromatic heterocycles. The average Bonchev–Trinajstić information content (AvgIpc) is 2.15. The smallest absolute Gasteiger partial charge is 0.408 e. The number of amides is 2. The van der Waals surface area contributed by atoms with Gasteiger partial charge in [-0.2, -0.15) is 0 Å². The van der Waals surface area contributed by atoms with E-state index in [2.05, 4.69) is 0 Å². The van der Waals surface area contributed by atoms with Gasteiger partial charge in [-0.05, 0) is 0 Å². The van der Waals surface area contributed by atoms with Crippen LogP contribution in [0.15, 0.2) is 0 Å². The van der Waals surface area contributed by atoms with Gasteiger partial charge < -0.3 is 19.8 Å².